The minimum atomic E-state index is 0. The number of hydrogen-bond donors (Lipinski definition) is 1. The van der Waals surface area contributed by atoms with Crippen molar-refractivity contribution in [3.63, 3.8) is 0 Å². The maximum absolute atomic E-state index is 12.2. The van der Waals surface area contributed by atoms with Crippen LogP contribution in [0.25, 0.3) is 5.82 Å². The Morgan fingerprint density at radius 1 is 1.03 bits per heavy atom. The molecule has 1 saturated heterocycles. The second-order valence-electron chi connectivity index (χ2n) is 6.65. The van der Waals surface area contributed by atoms with Crippen LogP contribution in [0.2, 0.25) is 0 Å². The van der Waals surface area contributed by atoms with Crippen LogP contribution in [-0.4, -0.2) is 57.2 Å². The highest BCUT2D eigenvalue weighted by molar-refractivity contribution is 5.95. The Bertz CT molecular complexity index is 961. The van der Waals surface area contributed by atoms with Gasteiger partial charge in [0, 0.05) is 19.3 Å². The molecule has 1 aliphatic heterocycles. The molecule has 1 amide bonds. The third-order valence-corrected chi connectivity index (χ3v) is 4.41. The lowest BCUT2D eigenvalue weighted by Crippen LogP contribution is -2.48. The van der Waals surface area contributed by atoms with E-state index in [1.807, 2.05) is 55.4 Å². The second-order valence-corrected chi connectivity index (χ2v) is 6.65. The summed E-state index contributed by atoms with van der Waals surface area (Å²) >= 11 is 0. The molecule has 3 aromatic heterocycles. The monoisotopic (exact) mass is 435 g/mol. The average molecular weight is 436 g/mol. The predicted molar refractivity (Wildman–Crippen MR) is 118 cm³/mol. The highest BCUT2D eigenvalue weighted by Gasteiger charge is 2.22. The van der Waals surface area contributed by atoms with Crippen molar-refractivity contribution in [1.29, 1.82) is 0 Å². The number of halogens is 2. The Hall–Kier alpha value is -2.68. The Kier molecular flexibility index (Phi) is 7.55. The molecule has 0 aliphatic carbocycles. The van der Waals surface area contributed by atoms with Crippen LogP contribution in [0.15, 0.2) is 48.9 Å². The van der Waals surface area contributed by atoms with Gasteiger partial charge in [0.2, 0.25) is 5.91 Å². The van der Waals surface area contributed by atoms with Gasteiger partial charge in [-0.1, -0.05) is 6.07 Å². The smallest absolute Gasteiger partial charge is 0.241 e. The van der Waals surface area contributed by atoms with Crippen molar-refractivity contribution in [3.8, 4) is 5.82 Å². The fourth-order valence-corrected chi connectivity index (χ4v) is 2.97. The van der Waals surface area contributed by atoms with E-state index >= 15 is 0 Å². The number of amides is 1. The summed E-state index contributed by atoms with van der Waals surface area (Å²) in [5, 5.41) is 7.47. The van der Waals surface area contributed by atoms with Crippen LogP contribution >= 0.6 is 24.8 Å². The van der Waals surface area contributed by atoms with Gasteiger partial charge in [-0.3, -0.25) is 9.69 Å². The lowest BCUT2D eigenvalue weighted by Gasteiger charge is -2.31. The minimum absolute atomic E-state index is 0. The summed E-state index contributed by atoms with van der Waals surface area (Å²) in [6.07, 6.45) is 5.43. The minimum Gasteiger partial charge on any atom is -0.325 e. The van der Waals surface area contributed by atoms with Gasteiger partial charge in [0.25, 0.3) is 0 Å². The molecule has 8 nitrogen and oxygen atoms in total. The Morgan fingerprint density at radius 2 is 1.86 bits per heavy atom. The summed E-state index contributed by atoms with van der Waals surface area (Å²) < 4.78 is 1.73. The van der Waals surface area contributed by atoms with Crippen LogP contribution in [0.5, 0.6) is 0 Å². The number of aryl methyl sites for hydroxylation is 1. The van der Waals surface area contributed by atoms with Gasteiger partial charge in [-0.25, -0.2) is 14.6 Å². The molecule has 154 valence electrons. The van der Waals surface area contributed by atoms with Crippen molar-refractivity contribution >= 4 is 48.0 Å². The van der Waals surface area contributed by atoms with Gasteiger partial charge >= 0.3 is 0 Å². The van der Waals surface area contributed by atoms with Gasteiger partial charge in [-0.15, -0.1) is 24.8 Å². The molecule has 0 atom stereocenters. The van der Waals surface area contributed by atoms with Crippen LogP contribution in [0.3, 0.4) is 0 Å². The lowest BCUT2D eigenvalue weighted by atomic mass is 10.2. The highest BCUT2D eigenvalue weighted by atomic mass is 35.5. The average Bonchev–Trinajstić information content (AvgIpc) is 3.09. The third kappa shape index (κ3) is 5.23. The molecule has 1 fully saturated rings. The molecule has 0 radical (unpaired) electrons. The summed E-state index contributed by atoms with van der Waals surface area (Å²) in [4.78, 5) is 25.0. The SMILES string of the molecule is Cc1cnn(-c2cccc(Nc3ccc(N4CCN(C)CC4=O)cn3)n2)c1.Cl.Cl. The first kappa shape index (κ1) is 22.6. The summed E-state index contributed by atoms with van der Waals surface area (Å²) in [6.45, 7) is 3.96. The van der Waals surface area contributed by atoms with Gasteiger partial charge in [0.05, 0.1) is 24.6 Å². The summed E-state index contributed by atoms with van der Waals surface area (Å²) in [5.41, 5.74) is 1.89. The van der Waals surface area contributed by atoms with Crippen molar-refractivity contribution < 1.29 is 4.79 Å². The van der Waals surface area contributed by atoms with Crippen LogP contribution in [0.1, 0.15) is 5.56 Å². The van der Waals surface area contributed by atoms with Gasteiger partial charge < -0.3 is 10.2 Å². The molecule has 29 heavy (non-hydrogen) atoms. The molecule has 10 heteroatoms. The number of pyridine rings is 2. The maximum atomic E-state index is 12.2. The number of carbonyl (C=O) groups excluding carboxylic acids is 1. The number of rotatable bonds is 4. The largest absolute Gasteiger partial charge is 0.325 e. The molecule has 3 aromatic rings. The lowest BCUT2D eigenvalue weighted by molar-refractivity contribution is -0.120. The molecule has 1 aliphatic rings. The molecule has 1 N–H and O–H groups in total. The van der Waals surface area contributed by atoms with Gasteiger partial charge in [0.15, 0.2) is 5.82 Å². The standard InChI is InChI=1S/C19H21N7O.2ClH/c1-14-10-21-26(12-14)18-5-3-4-17(23-18)22-16-7-6-15(11-20-16)25-9-8-24(2)13-19(25)27;;/h3-7,10-12H,8-9,13H2,1-2H3,(H,20,22,23);2*1H. The van der Waals surface area contributed by atoms with Gasteiger partial charge in [-0.2, -0.15) is 5.10 Å². The van der Waals surface area contributed by atoms with E-state index in [1.54, 1.807) is 22.0 Å². The molecule has 0 bridgehead atoms. The van der Waals surface area contributed by atoms with E-state index in [0.717, 1.165) is 23.6 Å². The van der Waals surface area contributed by atoms with Crippen molar-refractivity contribution in [1.82, 2.24) is 24.6 Å². The fraction of sp³-hybridized carbons (Fsp3) is 0.263. The fourth-order valence-electron chi connectivity index (χ4n) is 2.97. The van der Waals surface area contributed by atoms with Gasteiger partial charge in [0.1, 0.15) is 11.6 Å². The van der Waals surface area contributed by atoms with E-state index in [2.05, 4.69) is 20.4 Å². The first-order chi connectivity index (χ1) is 13.1. The predicted octanol–water partition coefficient (Wildman–Crippen LogP) is 2.84. The zero-order chi connectivity index (χ0) is 18.8. The molecule has 4 rings (SSSR count). The van der Waals surface area contributed by atoms with Crippen LogP contribution in [0, 0.1) is 6.92 Å². The Labute approximate surface area is 181 Å². The number of piperazine rings is 1. The number of carbonyl (C=O) groups is 1. The van der Waals surface area contributed by atoms with Crippen LogP contribution < -0.4 is 10.2 Å². The molecule has 0 unspecified atom stereocenters. The maximum Gasteiger partial charge on any atom is 0.241 e. The Morgan fingerprint density at radius 3 is 2.52 bits per heavy atom. The van der Waals surface area contributed by atoms with E-state index in [0.29, 0.717) is 24.7 Å². The van der Waals surface area contributed by atoms with Crippen LogP contribution in [0.4, 0.5) is 17.3 Å². The van der Waals surface area contributed by atoms with E-state index in [-0.39, 0.29) is 30.7 Å². The molecular weight excluding hydrogens is 413 g/mol. The van der Waals surface area contributed by atoms with E-state index < -0.39 is 0 Å². The second kappa shape index (κ2) is 9.69. The topological polar surface area (TPSA) is 79.2 Å². The molecule has 0 spiro atoms. The van der Waals surface area contributed by atoms with E-state index in [1.165, 1.54) is 0 Å². The quantitative estimate of drug-likeness (QED) is 0.678. The molecular formula is C19H23Cl2N7O. The molecule has 0 aromatic carbocycles. The Balaban J connectivity index is 0.00000150. The number of nitrogens with one attached hydrogen (secondary N) is 1. The summed E-state index contributed by atoms with van der Waals surface area (Å²) in [7, 11) is 1.95. The normalized spacial score (nSPS) is 14.1. The number of anilines is 3. The summed E-state index contributed by atoms with van der Waals surface area (Å²) in [6, 6.07) is 9.44. The van der Waals surface area contributed by atoms with Crippen molar-refractivity contribution in [2.24, 2.45) is 0 Å². The molecule has 0 saturated carbocycles. The highest BCUT2D eigenvalue weighted by Crippen LogP contribution is 2.20. The molecule has 4 heterocycles. The first-order valence-corrected chi connectivity index (χ1v) is 8.79. The van der Waals surface area contributed by atoms with E-state index in [4.69, 9.17) is 0 Å². The van der Waals surface area contributed by atoms with Gasteiger partial charge in [-0.05, 0) is 43.8 Å². The van der Waals surface area contributed by atoms with Crippen molar-refractivity contribution in [2.45, 2.75) is 6.92 Å². The number of aromatic nitrogens is 4. The first-order valence-electron chi connectivity index (χ1n) is 8.79. The number of hydrogen-bond acceptors (Lipinski definition) is 6. The van der Waals surface area contributed by atoms with Crippen LogP contribution in [-0.2, 0) is 4.79 Å². The zero-order valence-corrected chi connectivity index (χ0v) is 17.8. The number of nitrogens with zero attached hydrogens (tertiary/aromatic N) is 6. The van der Waals surface area contributed by atoms with Crippen molar-refractivity contribution in [3.05, 3.63) is 54.5 Å². The van der Waals surface area contributed by atoms with E-state index in [9.17, 15) is 4.79 Å². The number of likely N-dealkylation sites (N-methyl/N-ethyl adjacent to an activating group) is 1. The zero-order valence-electron chi connectivity index (χ0n) is 16.1. The summed E-state index contributed by atoms with van der Waals surface area (Å²) in [5.74, 6) is 2.17. The van der Waals surface area contributed by atoms with Crippen molar-refractivity contribution in [2.75, 3.05) is 36.9 Å². The third-order valence-electron chi connectivity index (χ3n) is 4.41.